The molecule has 0 saturated heterocycles. The first-order valence-corrected chi connectivity index (χ1v) is 5.30. The molecule has 1 aromatic rings. The van der Waals surface area contributed by atoms with Gasteiger partial charge in [0.25, 0.3) is 0 Å². The monoisotopic (exact) mass is 205 g/mol. The van der Waals surface area contributed by atoms with Gasteiger partial charge in [0.05, 0.1) is 6.54 Å². The summed E-state index contributed by atoms with van der Waals surface area (Å²) >= 11 is 0. The Balaban J connectivity index is 2.40. The van der Waals surface area contributed by atoms with Gasteiger partial charge >= 0.3 is 0 Å². The van der Waals surface area contributed by atoms with Gasteiger partial charge < -0.3 is 4.90 Å². The molecule has 2 heteroatoms. The van der Waals surface area contributed by atoms with Crippen LogP contribution in [-0.4, -0.2) is 31.3 Å². The largest absolute Gasteiger partial charge is 0.302 e. The highest BCUT2D eigenvalue weighted by Gasteiger charge is 2.03. The third-order valence-electron chi connectivity index (χ3n) is 2.27. The summed E-state index contributed by atoms with van der Waals surface area (Å²) in [6.07, 6.45) is 1.50. The van der Waals surface area contributed by atoms with Crippen LogP contribution >= 0.6 is 0 Å². The van der Waals surface area contributed by atoms with Crippen molar-refractivity contribution in [1.82, 2.24) is 4.90 Å². The number of aryl methyl sites for hydroxylation is 2. The predicted octanol–water partition coefficient (Wildman–Crippen LogP) is 2.06. The molecule has 1 rings (SSSR count). The highest BCUT2D eigenvalue weighted by molar-refractivity contribution is 5.80. The lowest BCUT2D eigenvalue weighted by atomic mass is 10.1. The molecule has 0 aromatic heterocycles. The molecule has 0 saturated carbocycles. The van der Waals surface area contributed by atoms with E-state index in [2.05, 4.69) is 25.1 Å². The third-order valence-corrected chi connectivity index (χ3v) is 2.27. The lowest BCUT2D eigenvalue weighted by Crippen LogP contribution is -2.21. The van der Waals surface area contributed by atoms with E-state index in [0.29, 0.717) is 18.7 Å². The van der Waals surface area contributed by atoms with Crippen molar-refractivity contribution in [3.05, 3.63) is 35.4 Å². The predicted molar refractivity (Wildman–Crippen MR) is 63.1 cm³/mol. The minimum atomic E-state index is 0.307. The summed E-state index contributed by atoms with van der Waals surface area (Å²) in [4.78, 5) is 13.4. The zero-order valence-corrected chi connectivity index (χ0v) is 9.79. The summed E-state index contributed by atoms with van der Waals surface area (Å²) in [7, 11) is 3.84. The quantitative estimate of drug-likeness (QED) is 0.733. The highest BCUT2D eigenvalue weighted by atomic mass is 16.1. The van der Waals surface area contributed by atoms with Gasteiger partial charge in [0.15, 0.2) is 0 Å². The molecule has 0 unspecified atom stereocenters. The zero-order valence-electron chi connectivity index (χ0n) is 9.79. The Kier molecular flexibility index (Phi) is 4.50. The van der Waals surface area contributed by atoms with Crippen LogP contribution in [0.1, 0.15) is 17.5 Å². The first kappa shape index (κ1) is 11.9. The lowest BCUT2D eigenvalue weighted by Gasteiger charge is -2.08. The smallest absolute Gasteiger partial charge is 0.147 e. The van der Waals surface area contributed by atoms with Crippen LogP contribution in [0, 0.1) is 6.92 Å². The van der Waals surface area contributed by atoms with Crippen molar-refractivity contribution in [2.75, 3.05) is 20.6 Å². The van der Waals surface area contributed by atoms with Crippen LogP contribution in [0.2, 0.25) is 0 Å². The van der Waals surface area contributed by atoms with E-state index < -0.39 is 0 Å². The van der Waals surface area contributed by atoms with Crippen molar-refractivity contribution in [3.8, 4) is 0 Å². The maximum absolute atomic E-state index is 11.5. The molecule has 0 spiro atoms. The Bertz CT molecular complexity index is 331. The van der Waals surface area contributed by atoms with Crippen molar-refractivity contribution in [2.24, 2.45) is 0 Å². The normalized spacial score (nSPS) is 10.7. The molecule has 0 fully saturated rings. The number of hydrogen-bond acceptors (Lipinski definition) is 2. The molecule has 0 aliphatic rings. The van der Waals surface area contributed by atoms with E-state index in [-0.39, 0.29) is 0 Å². The maximum atomic E-state index is 11.5. The molecule has 0 amide bonds. The van der Waals surface area contributed by atoms with Crippen LogP contribution in [-0.2, 0) is 11.2 Å². The molecule has 0 bridgehead atoms. The van der Waals surface area contributed by atoms with Gasteiger partial charge in [0, 0.05) is 6.42 Å². The summed E-state index contributed by atoms with van der Waals surface area (Å²) in [5, 5.41) is 0. The van der Waals surface area contributed by atoms with E-state index in [1.165, 1.54) is 11.1 Å². The number of Topliss-reactive ketones (excluding diaryl/α,β-unsaturated/α-hetero) is 1. The summed E-state index contributed by atoms with van der Waals surface area (Å²) < 4.78 is 0. The van der Waals surface area contributed by atoms with Gasteiger partial charge in [0.2, 0.25) is 0 Å². The number of carbonyl (C=O) groups is 1. The van der Waals surface area contributed by atoms with Crippen molar-refractivity contribution >= 4 is 5.78 Å². The second kappa shape index (κ2) is 5.66. The molecule has 82 valence electrons. The molecular weight excluding hydrogens is 186 g/mol. The Morgan fingerprint density at radius 3 is 2.67 bits per heavy atom. The standard InChI is InChI=1S/C13H19NO/c1-11-5-4-6-12(9-11)7-8-13(15)10-14(2)3/h4-6,9H,7-8,10H2,1-3H3. The Hall–Kier alpha value is -1.15. The Morgan fingerprint density at radius 1 is 1.33 bits per heavy atom. The average molecular weight is 205 g/mol. The number of carbonyl (C=O) groups excluding carboxylic acids is 1. The van der Waals surface area contributed by atoms with Crippen LogP contribution in [0.3, 0.4) is 0 Å². The number of likely N-dealkylation sites (N-methyl/N-ethyl adjacent to an activating group) is 1. The number of nitrogens with zero attached hydrogens (tertiary/aromatic N) is 1. The molecule has 1 aromatic carbocycles. The van der Waals surface area contributed by atoms with E-state index in [0.717, 1.165) is 6.42 Å². The minimum absolute atomic E-state index is 0.307. The van der Waals surface area contributed by atoms with Gasteiger partial charge in [-0.3, -0.25) is 4.79 Å². The van der Waals surface area contributed by atoms with Crippen molar-refractivity contribution < 1.29 is 4.79 Å². The highest BCUT2D eigenvalue weighted by Crippen LogP contribution is 2.06. The van der Waals surface area contributed by atoms with Crippen LogP contribution in [0.5, 0.6) is 0 Å². The number of hydrogen-bond donors (Lipinski definition) is 0. The van der Waals surface area contributed by atoms with Crippen molar-refractivity contribution in [2.45, 2.75) is 19.8 Å². The summed E-state index contributed by atoms with van der Waals surface area (Å²) in [6, 6.07) is 8.34. The minimum Gasteiger partial charge on any atom is -0.302 e. The van der Waals surface area contributed by atoms with Crippen molar-refractivity contribution in [1.29, 1.82) is 0 Å². The number of benzene rings is 1. The zero-order chi connectivity index (χ0) is 11.3. The van der Waals surface area contributed by atoms with Crippen molar-refractivity contribution in [3.63, 3.8) is 0 Å². The second-order valence-corrected chi connectivity index (χ2v) is 4.27. The first-order chi connectivity index (χ1) is 7.08. The van der Waals surface area contributed by atoms with Crippen LogP contribution in [0.25, 0.3) is 0 Å². The molecular formula is C13H19NO. The first-order valence-electron chi connectivity index (χ1n) is 5.30. The van der Waals surface area contributed by atoms with E-state index in [1.54, 1.807) is 0 Å². The second-order valence-electron chi connectivity index (χ2n) is 4.27. The van der Waals surface area contributed by atoms with Crippen LogP contribution in [0.15, 0.2) is 24.3 Å². The fourth-order valence-electron chi connectivity index (χ4n) is 1.58. The van der Waals surface area contributed by atoms with Gasteiger partial charge in [-0.1, -0.05) is 29.8 Å². The Morgan fingerprint density at radius 2 is 2.07 bits per heavy atom. The van der Waals surface area contributed by atoms with Gasteiger partial charge in [-0.25, -0.2) is 0 Å². The molecule has 0 aliphatic heterocycles. The van der Waals surface area contributed by atoms with Gasteiger partial charge in [0.1, 0.15) is 5.78 Å². The van der Waals surface area contributed by atoms with E-state index in [1.807, 2.05) is 25.1 Å². The summed E-state index contributed by atoms with van der Waals surface area (Å²) in [5.74, 6) is 0.307. The molecule has 2 nitrogen and oxygen atoms in total. The molecule has 15 heavy (non-hydrogen) atoms. The third kappa shape index (κ3) is 4.75. The van der Waals surface area contributed by atoms with Crippen LogP contribution < -0.4 is 0 Å². The van der Waals surface area contributed by atoms with E-state index >= 15 is 0 Å². The van der Waals surface area contributed by atoms with Crippen LogP contribution in [0.4, 0.5) is 0 Å². The molecule has 0 heterocycles. The molecule has 0 radical (unpaired) electrons. The molecule has 0 N–H and O–H groups in total. The van der Waals surface area contributed by atoms with Gasteiger partial charge in [-0.15, -0.1) is 0 Å². The average Bonchev–Trinajstić information content (AvgIpc) is 2.14. The molecule has 0 atom stereocenters. The molecule has 0 aliphatic carbocycles. The fraction of sp³-hybridized carbons (Fsp3) is 0.462. The van der Waals surface area contributed by atoms with E-state index in [9.17, 15) is 4.79 Å². The van der Waals surface area contributed by atoms with Gasteiger partial charge in [-0.05, 0) is 33.0 Å². The van der Waals surface area contributed by atoms with Gasteiger partial charge in [-0.2, -0.15) is 0 Å². The number of ketones is 1. The topological polar surface area (TPSA) is 20.3 Å². The Labute approximate surface area is 91.9 Å². The van der Waals surface area contributed by atoms with E-state index in [4.69, 9.17) is 0 Å². The number of rotatable bonds is 5. The summed E-state index contributed by atoms with van der Waals surface area (Å²) in [6.45, 7) is 2.62. The SMILES string of the molecule is Cc1cccc(CCC(=O)CN(C)C)c1. The lowest BCUT2D eigenvalue weighted by molar-refractivity contribution is -0.119. The fourth-order valence-corrected chi connectivity index (χ4v) is 1.58. The summed E-state index contributed by atoms with van der Waals surface area (Å²) in [5.41, 5.74) is 2.51. The maximum Gasteiger partial charge on any atom is 0.147 e.